The fraction of sp³-hybridized carbons (Fsp3) is 0.375. The lowest BCUT2D eigenvalue weighted by Crippen LogP contribution is -2.14. The third-order valence-electron chi connectivity index (χ3n) is 5.86. The van der Waals surface area contributed by atoms with Crippen molar-refractivity contribution in [3.8, 4) is 0 Å². The van der Waals surface area contributed by atoms with Crippen LogP contribution in [-0.4, -0.2) is 25.9 Å². The van der Waals surface area contributed by atoms with Gasteiger partial charge in [-0.1, -0.05) is 44.5 Å². The van der Waals surface area contributed by atoms with Crippen LogP contribution in [0, 0.1) is 19.8 Å². The number of hydrogen-bond acceptors (Lipinski definition) is 7. The van der Waals surface area contributed by atoms with E-state index in [9.17, 15) is 4.79 Å². The van der Waals surface area contributed by atoms with Crippen LogP contribution in [0.5, 0.6) is 0 Å². The van der Waals surface area contributed by atoms with Crippen LogP contribution in [0.4, 0.5) is 5.82 Å². The molecule has 4 rings (SSSR count). The molecular formula is C24H27N5OS. The molecule has 0 radical (unpaired) electrons. The number of Topliss-reactive ketones (excluding diaryl/α,β-unsaturated/α-hetero) is 1. The number of ketones is 1. The van der Waals surface area contributed by atoms with Gasteiger partial charge in [0.15, 0.2) is 5.78 Å². The fourth-order valence-corrected chi connectivity index (χ4v) is 4.99. The topological polar surface area (TPSA) is 80.7 Å². The van der Waals surface area contributed by atoms with Gasteiger partial charge < -0.3 is 5.32 Å². The van der Waals surface area contributed by atoms with Gasteiger partial charge in [-0.05, 0) is 37.8 Å². The summed E-state index contributed by atoms with van der Waals surface area (Å²) in [5.41, 5.74) is 4.83. The summed E-state index contributed by atoms with van der Waals surface area (Å²) in [7, 11) is 0. The first-order chi connectivity index (χ1) is 15.0. The van der Waals surface area contributed by atoms with Gasteiger partial charge in [0, 0.05) is 23.4 Å². The summed E-state index contributed by atoms with van der Waals surface area (Å²) in [4.78, 5) is 22.5. The van der Waals surface area contributed by atoms with Crippen LogP contribution >= 0.6 is 11.3 Å². The Morgan fingerprint density at radius 3 is 2.58 bits per heavy atom. The summed E-state index contributed by atoms with van der Waals surface area (Å²) >= 11 is 1.56. The summed E-state index contributed by atoms with van der Waals surface area (Å²) in [6, 6.07) is 7.91. The maximum atomic E-state index is 12.7. The van der Waals surface area contributed by atoms with Crippen LogP contribution in [0.15, 0.2) is 30.6 Å². The van der Waals surface area contributed by atoms with Gasteiger partial charge in [0.25, 0.3) is 0 Å². The molecule has 6 nitrogen and oxygen atoms in total. The summed E-state index contributed by atoms with van der Waals surface area (Å²) in [6.45, 7) is 8.84. The van der Waals surface area contributed by atoms with E-state index in [2.05, 4.69) is 46.3 Å². The number of thiophene rings is 1. The second-order valence-electron chi connectivity index (χ2n) is 7.90. The highest BCUT2D eigenvalue weighted by molar-refractivity contribution is 7.25. The molecule has 160 valence electrons. The molecule has 0 saturated heterocycles. The molecule has 0 saturated carbocycles. The van der Waals surface area contributed by atoms with Crippen LogP contribution < -0.4 is 5.32 Å². The quantitative estimate of drug-likeness (QED) is 0.350. The van der Waals surface area contributed by atoms with Crippen molar-refractivity contribution < 1.29 is 4.79 Å². The number of benzene rings is 1. The van der Waals surface area contributed by atoms with Gasteiger partial charge in [0.2, 0.25) is 0 Å². The van der Waals surface area contributed by atoms with Crippen molar-refractivity contribution in [1.29, 1.82) is 0 Å². The minimum atomic E-state index is 0.117. The molecule has 0 aliphatic rings. The summed E-state index contributed by atoms with van der Waals surface area (Å²) in [5.74, 6) is 1.16. The largest absolute Gasteiger partial charge is 0.365 e. The number of hydrogen-bond donors (Lipinski definition) is 1. The predicted octanol–water partition coefficient (Wildman–Crippen LogP) is 5.87. The van der Waals surface area contributed by atoms with E-state index in [4.69, 9.17) is 0 Å². The predicted molar refractivity (Wildman–Crippen MR) is 127 cm³/mol. The first-order valence-electron chi connectivity index (χ1n) is 10.8. The summed E-state index contributed by atoms with van der Waals surface area (Å²) in [5, 5.41) is 13.1. The normalized spacial score (nSPS) is 12.4. The molecule has 7 heteroatoms. The monoisotopic (exact) mass is 433 g/mol. The molecule has 1 aromatic carbocycles. The first-order valence-corrected chi connectivity index (χ1v) is 11.6. The van der Waals surface area contributed by atoms with Crippen molar-refractivity contribution in [2.45, 2.75) is 53.5 Å². The van der Waals surface area contributed by atoms with Gasteiger partial charge in [0.1, 0.15) is 17.0 Å². The molecule has 0 aliphatic heterocycles. The molecule has 1 atom stereocenters. The van der Waals surface area contributed by atoms with E-state index in [0.717, 1.165) is 67.9 Å². The van der Waals surface area contributed by atoms with Crippen molar-refractivity contribution in [3.63, 3.8) is 0 Å². The first kappa shape index (κ1) is 21.3. The SMILES string of the molecule is CCCC(CC)C(=O)c1ccc(CNc2ncnc3c2sc2nnc(C)c(C)c23)cc1. The number of anilines is 1. The smallest absolute Gasteiger partial charge is 0.165 e. The minimum Gasteiger partial charge on any atom is -0.365 e. The lowest BCUT2D eigenvalue weighted by atomic mass is 9.91. The van der Waals surface area contributed by atoms with E-state index in [1.54, 1.807) is 17.7 Å². The number of carbonyl (C=O) groups excluding carboxylic acids is 1. The van der Waals surface area contributed by atoms with Crippen molar-refractivity contribution in [2.24, 2.45) is 5.92 Å². The van der Waals surface area contributed by atoms with Gasteiger partial charge in [0.05, 0.1) is 15.9 Å². The Morgan fingerprint density at radius 2 is 1.87 bits per heavy atom. The summed E-state index contributed by atoms with van der Waals surface area (Å²) in [6.07, 6.45) is 4.45. The van der Waals surface area contributed by atoms with Gasteiger partial charge in [-0.3, -0.25) is 4.79 Å². The number of carbonyl (C=O) groups is 1. The molecule has 31 heavy (non-hydrogen) atoms. The second-order valence-corrected chi connectivity index (χ2v) is 8.90. The molecule has 1 unspecified atom stereocenters. The van der Waals surface area contributed by atoms with Gasteiger partial charge in [-0.25, -0.2) is 9.97 Å². The van der Waals surface area contributed by atoms with Crippen LogP contribution in [0.3, 0.4) is 0 Å². The van der Waals surface area contributed by atoms with Crippen molar-refractivity contribution in [1.82, 2.24) is 20.2 Å². The van der Waals surface area contributed by atoms with Crippen molar-refractivity contribution >= 4 is 43.4 Å². The second kappa shape index (κ2) is 9.06. The van der Waals surface area contributed by atoms with Crippen molar-refractivity contribution in [2.75, 3.05) is 5.32 Å². The third kappa shape index (κ3) is 4.14. The number of nitrogens with zero attached hydrogens (tertiary/aromatic N) is 4. The average molecular weight is 434 g/mol. The highest BCUT2D eigenvalue weighted by Gasteiger charge is 2.18. The number of aryl methyl sites for hydroxylation is 2. The zero-order valence-corrected chi connectivity index (χ0v) is 19.2. The zero-order chi connectivity index (χ0) is 22.0. The zero-order valence-electron chi connectivity index (χ0n) is 18.4. The van der Waals surface area contributed by atoms with Crippen LogP contribution in [-0.2, 0) is 6.54 Å². The molecule has 0 bridgehead atoms. The maximum absolute atomic E-state index is 12.7. The molecule has 0 fully saturated rings. The van der Waals surface area contributed by atoms with Gasteiger partial charge in [-0.15, -0.1) is 16.4 Å². The highest BCUT2D eigenvalue weighted by atomic mass is 32.1. The van der Waals surface area contributed by atoms with Gasteiger partial charge in [-0.2, -0.15) is 5.10 Å². The molecule has 3 aromatic heterocycles. The lowest BCUT2D eigenvalue weighted by Gasteiger charge is -2.13. The molecule has 4 aromatic rings. The third-order valence-corrected chi connectivity index (χ3v) is 6.93. The fourth-order valence-electron chi connectivity index (χ4n) is 3.89. The Bertz CT molecular complexity index is 1230. The Kier molecular flexibility index (Phi) is 6.23. The Hall–Kier alpha value is -2.93. The molecule has 0 aliphatic carbocycles. The molecule has 0 spiro atoms. The molecule has 0 amide bonds. The molecule has 3 heterocycles. The van der Waals surface area contributed by atoms with E-state index < -0.39 is 0 Å². The van der Waals surface area contributed by atoms with Crippen molar-refractivity contribution in [3.05, 3.63) is 53.0 Å². The number of nitrogens with one attached hydrogen (secondary N) is 1. The molecule has 1 N–H and O–H groups in total. The number of fused-ring (bicyclic) bond motifs is 3. The van der Waals surface area contributed by atoms with Crippen LogP contribution in [0.2, 0.25) is 0 Å². The Labute approximate surface area is 186 Å². The van der Waals surface area contributed by atoms with E-state index >= 15 is 0 Å². The number of rotatable bonds is 8. The summed E-state index contributed by atoms with van der Waals surface area (Å²) < 4.78 is 0.984. The van der Waals surface area contributed by atoms with E-state index in [1.807, 2.05) is 31.2 Å². The van der Waals surface area contributed by atoms with Crippen LogP contribution in [0.1, 0.15) is 60.3 Å². The highest BCUT2D eigenvalue weighted by Crippen LogP contribution is 2.36. The number of aromatic nitrogens is 4. The Balaban J connectivity index is 1.54. The average Bonchev–Trinajstić information content (AvgIpc) is 3.18. The van der Waals surface area contributed by atoms with E-state index in [-0.39, 0.29) is 11.7 Å². The van der Waals surface area contributed by atoms with Crippen LogP contribution in [0.25, 0.3) is 20.4 Å². The van der Waals surface area contributed by atoms with E-state index in [0.29, 0.717) is 6.54 Å². The standard InChI is InChI=1S/C24H27N5OS/c1-5-7-17(6-2)21(30)18-10-8-16(9-11-18)12-25-23-22-20(26-13-27-23)19-14(3)15(4)28-29-24(19)31-22/h8-11,13,17H,5-7,12H2,1-4H3,(H,25,26,27). The van der Waals surface area contributed by atoms with E-state index in [1.165, 1.54) is 0 Å². The molecular weight excluding hydrogens is 406 g/mol. The maximum Gasteiger partial charge on any atom is 0.165 e. The van der Waals surface area contributed by atoms with Gasteiger partial charge >= 0.3 is 0 Å². The lowest BCUT2D eigenvalue weighted by molar-refractivity contribution is 0.0909. The minimum absolute atomic E-state index is 0.117. The Morgan fingerprint density at radius 1 is 1.10 bits per heavy atom.